The zero-order chi connectivity index (χ0) is 15.2. The summed E-state index contributed by atoms with van der Waals surface area (Å²) in [5, 5.41) is 0. The van der Waals surface area contributed by atoms with Gasteiger partial charge in [0.15, 0.2) is 17.3 Å². The Balaban J connectivity index is 2.44. The predicted molar refractivity (Wildman–Crippen MR) is 84.1 cm³/mol. The van der Waals surface area contributed by atoms with Crippen LogP contribution in [0.1, 0.15) is 29.8 Å². The lowest BCUT2D eigenvalue weighted by Crippen LogP contribution is -2.05. The van der Waals surface area contributed by atoms with Gasteiger partial charge in [0, 0.05) is 28.0 Å². The van der Waals surface area contributed by atoms with Crippen LogP contribution in [0.4, 0.5) is 0 Å². The van der Waals surface area contributed by atoms with Crippen molar-refractivity contribution in [3.8, 4) is 11.5 Å². The van der Waals surface area contributed by atoms with Crippen molar-refractivity contribution in [3.05, 3.63) is 52.3 Å². The number of pyridine rings is 1. The Bertz CT molecular complexity index is 629. The molecule has 1 heterocycles. The Morgan fingerprint density at radius 2 is 1.67 bits per heavy atom. The number of rotatable bonds is 6. The van der Waals surface area contributed by atoms with Crippen molar-refractivity contribution in [1.82, 2.24) is 4.98 Å². The molecule has 0 aliphatic heterocycles. The van der Waals surface area contributed by atoms with Crippen LogP contribution in [0.15, 0.2) is 41.1 Å². The zero-order valence-corrected chi connectivity index (χ0v) is 13.5. The molecule has 4 nitrogen and oxygen atoms in total. The molecule has 0 bridgehead atoms. The second-order valence-corrected chi connectivity index (χ2v) is 5.06. The Kier molecular flexibility index (Phi) is 5.33. The number of nitrogens with zero attached hydrogens (tertiary/aromatic N) is 1. The van der Waals surface area contributed by atoms with Gasteiger partial charge in [-0.15, -0.1) is 0 Å². The summed E-state index contributed by atoms with van der Waals surface area (Å²) in [5.74, 6) is 1.10. The maximum atomic E-state index is 12.5. The van der Waals surface area contributed by atoms with Crippen LogP contribution in [-0.4, -0.2) is 24.0 Å². The van der Waals surface area contributed by atoms with E-state index in [1.807, 2.05) is 13.8 Å². The summed E-state index contributed by atoms with van der Waals surface area (Å²) in [6, 6.07) is 6.85. The summed E-state index contributed by atoms with van der Waals surface area (Å²) in [7, 11) is 0. The van der Waals surface area contributed by atoms with Gasteiger partial charge in [0.25, 0.3) is 0 Å². The summed E-state index contributed by atoms with van der Waals surface area (Å²) >= 11 is 3.43. The summed E-state index contributed by atoms with van der Waals surface area (Å²) in [4.78, 5) is 16.5. The van der Waals surface area contributed by atoms with Crippen LogP contribution < -0.4 is 9.47 Å². The second kappa shape index (κ2) is 7.22. The number of ketones is 1. The van der Waals surface area contributed by atoms with E-state index in [2.05, 4.69) is 20.9 Å². The number of aromatic nitrogens is 1. The van der Waals surface area contributed by atoms with Crippen LogP contribution in [0.2, 0.25) is 0 Å². The van der Waals surface area contributed by atoms with Gasteiger partial charge in [0.05, 0.1) is 13.2 Å². The maximum absolute atomic E-state index is 12.5. The number of halogens is 1. The topological polar surface area (TPSA) is 48.4 Å². The van der Waals surface area contributed by atoms with Crippen molar-refractivity contribution in [2.24, 2.45) is 0 Å². The van der Waals surface area contributed by atoms with Crippen molar-refractivity contribution < 1.29 is 14.3 Å². The minimum atomic E-state index is -0.0896. The first-order valence-electron chi connectivity index (χ1n) is 6.71. The van der Waals surface area contributed by atoms with E-state index in [1.54, 1.807) is 36.7 Å². The molecule has 21 heavy (non-hydrogen) atoms. The van der Waals surface area contributed by atoms with Gasteiger partial charge >= 0.3 is 0 Å². The van der Waals surface area contributed by atoms with Crippen LogP contribution in [-0.2, 0) is 0 Å². The fourth-order valence-corrected chi connectivity index (χ4v) is 2.41. The number of ether oxygens (including phenoxy) is 2. The molecule has 5 heteroatoms. The van der Waals surface area contributed by atoms with Gasteiger partial charge in [-0.1, -0.05) is 0 Å². The normalized spacial score (nSPS) is 10.2. The van der Waals surface area contributed by atoms with Crippen LogP contribution in [0.25, 0.3) is 0 Å². The van der Waals surface area contributed by atoms with Gasteiger partial charge in [0.2, 0.25) is 0 Å². The first-order chi connectivity index (χ1) is 10.2. The highest BCUT2D eigenvalue weighted by atomic mass is 79.9. The Morgan fingerprint density at radius 1 is 1.10 bits per heavy atom. The smallest absolute Gasteiger partial charge is 0.194 e. The van der Waals surface area contributed by atoms with Crippen molar-refractivity contribution in [3.63, 3.8) is 0 Å². The molecule has 0 unspecified atom stereocenters. The van der Waals surface area contributed by atoms with Crippen molar-refractivity contribution >= 4 is 21.7 Å². The molecule has 2 rings (SSSR count). The monoisotopic (exact) mass is 349 g/mol. The van der Waals surface area contributed by atoms with Gasteiger partial charge in [-0.05, 0) is 54.0 Å². The molecule has 0 aliphatic carbocycles. The Hall–Kier alpha value is -1.88. The fourth-order valence-electron chi connectivity index (χ4n) is 1.90. The molecule has 0 saturated carbocycles. The standard InChI is InChI=1S/C16H16BrNO3/c1-3-20-14-9-12(13(17)10-15(14)21-4-2)16(19)11-5-7-18-8-6-11/h5-10H,3-4H2,1-2H3. The molecule has 0 N–H and O–H groups in total. The third-order valence-corrected chi connectivity index (χ3v) is 3.48. The van der Waals surface area contributed by atoms with E-state index in [0.29, 0.717) is 40.3 Å². The third-order valence-electron chi connectivity index (χ3n) is 2.82. The number of benzene rings is 1. The van der Waals surface area contributed by atoms with Crippen LogP contribution >= 0.6 is 15.9 Å². The van der Waals surface area contributed by atoms with Gasteiger partial charge in [-0.25, -0.2) is 0 Å². The van der Waals surface area contributed by atoms with Crippen molar-refractivity contribution in [1.29, 1.82) is 0 Å². The predicted octanol–water partition coefficient (Wildman–Crippen LogP) is 3.87. The van der Waals surface area contributed by atoms with E-state index < -0.39 is 0 Å². The molecule has 1 aromatic heterocycles. The van der Waals surface area contributed by atoms with Crippen LogP contribution in [0.3, 0.4) is 0 Å². The number of hydrogen-bond acceptors (Lipinski definition) is 4. The summed E-state index contributed by atoms with van der Waals surface area (Å²) in [5.41, 5.74) is 1.12. The molecule has 0 saturated heterocycles. The van der Waals surface area contributed by atoms with Crippen molar-refractivity contribution in [2.75, 3.05) is 13.2 Å². The minimum Gasteiger partial charge on any atom is -0.490 e. The van der Waals surface area contributed by atoms with E-state index >= 15 is 0 Å². The molecule has 0 aliphatic rings. The van der Waals surface area contributed by atoms with E-state index in [1.165, 1.54) is 0 Å². The summed E-state index contributed by atoms with van der Waals surface area (Å²) in [6.07, 6.45) is 3.19. The fraction of sp³-hybridized carbons (Fsp3) is 0.250. The molecular weight excluding hydrogens is 334 g/mol. The Morgan fingerprint density at radius 3 is 2.24 bits per heavy atom. The highest BCUT2D eigenvalue weighted by Gasteiger charge is 2.17. The summed E-state index contributed by atoms with van der Waals surface area (Å²) in [6.45, 7) is 4.83. The molecule has 0 radical (unpaired) electrons. The largest absolute Gasteiger partial charge is 0.490 e. The molecular formula is C16H16BrNO3. The van der Waals surface area contributed by atoms with Crippen LogP contribution in [0, 0.1) is 0 Å². The highest BCUT2D eigenvalue weighted by Crippen LogP contribution is 2.34. The second-order valence-electron chi connectivity index (χ2n) is 4.21. The van der Waals surface area contributed by atoms with E-state index in [4.69, 9.17) is 9.47 Å². The molecule has 2 aromatic rings. The molecule has 0 atom stereocenters. The summed E-state index contributed by atoms with van der Waals surface area (Å²) < 4.78 is 11.8. The molecule has 0 amide bonds. The molecule has 0 spiro atoms. The molecule has 0 fully saturated rings. The Labute approximate surface area is 132 Å². The minimum absolute atomic E-state index is 0.0896. The number of carbonyl (C=O) groups excluding carboxylic acids is 1. The van der Waals surface area contributed by atoms with E-state index in [0.717, 1.165) is 0 Å². The van der Waals surface area contributed by atoms with E-state index in [-0.39, 0.29) is 5.78 Å². The third kappa shape index (κ3) is 3.61. The van der Waals surface area contributed by atoms with Crippen LogP contribution in [0.5, 0.6) is 11.5 Å². The van der Waals surface area contributed by atoms with Gasteiger partial charge in [-0.2, -0.15) is 0 Å². The first-order valence-corrected chi connectivity index (χ1v) is 7.50. The number of hydrogen-bond donors (Lipinski definition) is 0. The van der Waals surface area contributed by atoms with Crippen molar-refractivity contribution in [2.45, 2.75) is 13.8 Å². The lowest BCUT2D eigenvalue weighted by Gasteiger charge is -2.13. The van der Waals surface area contributed by atoms with Gasteiger partial charge < -0.3 is 9.47 Å². The zero-order valence-electron chi connectivity index (χ0n) is 11.9. The van der Waals surface area contributed by atoms with Gasteiger partial charge in [0.1, 0.15) is 0 Å². The lowest BCUT2D eigenvalue weighted by molar-refractivity contribution is 0.103. The SMILES string of the molecule is CCOc1cc(Br)c(C(=O)c2ccncc2)cc1OCC. The first kappa shape index (κ1) is 15.5. The van der Waals surface area contributed by atoms with Gasteiger partial charge in [-0.3, -0.25) is 9.78 Å². The average molecular weight is 350 g/mol. The lowest BCUT2D eigenvalue weighted by atomic mass is 10.0. The molecule has 1 aromatic carbocycles. The van der Waals surface area contributed by atoms with E-state index in [9.17, 15) is 4.79 Å². The quantitative estimate of drug-likeness (QED) is 0.742. The highest BCUT2D eigenvalue weighted by molar-refractivity contribution is 9.10. The number of carbonyl (C=O) groups is 1. The maximum Gasteiger partial charge on any atom is 0.194 e. The molecule has 110 valence electrons. The average Bonchev–Trinajstić information content (AvgIpc) is 2.50.